The predicted octanol–water partition coefficient (Wildman–Crippen LogP) is 6.82. The molecule has 8 nitrogen and oxygen atoms in total. The Kier molecular flexibility index (Phi) is 11.9. The first-order valence-electron chi connectivity index (χ1n) is 17.7. The number of epoxide rings is 1. The Morgan fingerprint density at radius 3 is 1.96 bits per heavy atom. The molecular weight excluding hydrogens is 580 g/mol. The fourth-order valence-corrected chi connectivity index (χ4v) is 7.52. The van der Waals surface area contributed by atoms with Gasteiger partial charge in [0, 0.05) is 48.5 Å². The van der Waals surface area contributed by atoms with E-state index in [1.54, 1.807) is 0 Å². The average molecular weight is 635 g/mol. The maximum Gasteiger partial charge on any atom is 0.334 e. The third-order valence-electron chi connectivity index (χ3n) is 10.8. The lowest BCUT2D eigenvalue weighted by molar-refractivity contribution is -0.146. The summed E-state index contributed by atoms with van der Waals surface area (Å²) in [5.74, 6) is -0.688. The number of carbonyl (C=O) groups is 2. The van der Waals surface area contributed by atoms with E-state index in [-0.39, 0.29) is 47.5 Å². The molecule has 0 radical (unpaired) electrons. The number of carbonyl (C=O) groups excluding carboxylic acids is 2. The third kappa shape index (κ3) is 8.54. The second-order valence-electron chi connectivity index (χ2n) is 14.3. The average Bonchev–Trinajstić information content (AvgIpc) is 3.51. The molecule has 3 heterocycles. The lowest BCUT2D eigenvalue weighted by Crippen LogP contribution is -2.36. The third-order valence-corrected chi connectivity index (χ3v) is 10.8. The highest BCUT2D eigenvalue weighted by Crippen LogP contribution is 2.49. The van der Waals surface area contributed by atoms with Crippen LogP contribution < -0.4 is 0 Å². The molecule has 3 fully saturated rings. The number of aliphatic hydroxyl groups is 1. The van der Waals surface area contributed by atoms with E-state index in [1.165, 1.54) is 36.8 Å². The molecule has 1 N–H and O–H groups in total. The van der Waals surface area contributed by atoms with Gasteiger partial charge >= 0.3 is 11.9 Å². The highest BCUT2D eigenvalue weighted by Gasteiger charge is 2.61. The molecular formula is C38H54N2O6. The standard InChI is InChI=1S/C38H54N2O6/c1-25-13-11-14-28(16-18-30-26(2)36(42)44-33(30)32(25)41)23-39-21-9-7-5-6-8-10-22-40-24-29-15-12-20-38(4)35(46-38)34-31(19-17-29)27(3)37(43)45-34/h14-15,23-25,30-35,41H,2-3,5-13,16-22H2,1,4H3/b28-14+,29-15+,39-23+,40-24-/t25-,30-,31-,32+,33-,34-,35-,38+/m0/s1. The Labute approximate surface area is 275 Å². The largest absolute Gasteiger partial charge is 0.456 e. The molecule has 0 bridgehead atoms. The summed E-state index contributed by atoms with van der Waals surface area (Å²) in [6, 6.07) is 0. The first kappa shape index (κ1) is 34.5. The molecule has 3 aliphatic heterocycles. The maximum absolute atomic E-state index is 12.2. The highest BCUT2D eigenvalue weighted by atomic mass is 16.6. The molecule has 0 saturated carbocycles. The number of aliphatic imine (C=N–C) groups is 2. The van der Waals surface area contributed by atoms with E-state index in [0.29, 0.717) is 11.1 Å². The molecule has 5 rings (SSSR count). The van der Waals surface area contributed by atoms with Crippen molar-refractivity contribution in [2.24, 2.45) is 27.7 Å². The van der Waals surface area contributed by atoms with Crippen molar-refractivity contribution in [3.8, 4) is 0 Å². The molecule has 8 atom stereocenters. The Hall–Kier alpha value is -2.84. The van der Waals surface area contributed by atoms with E-state index in [1.807, 2.05) is 19.4 Å². The quantitative estimate of drug-likeness (QED) is 0.0878. The highest BCUT2D eigenvalue weighted by molar-refractivity contribution is 5.91. The normalized spacial score (nSPS) is 37.5. The zero-order valence-electron chi connectivity index (χ0n) is 28.0. The number of allylic oxidation sites excluding steroid dienone is 4. The van der Waals surface area contributed by atoms with Crippen LogP contribution >= 0.6 is 0 Å². The van der Waals surface area contributed by atoms with E-state index in [4.69, 9.17) is 24.2 Å². The van der Waals surface area contributed by atoms with Gasteiger partial charge in [-0.1, -0.05) is 57.9 Å². The summed E-state index contributed by atoms with van der Waals surface area (Å²) in [5.41, 5.74) is 3.31. The Morgan fingerprint density at radius 2 is 1.35 bits per heavy atom. The van der Waals surface area contributed by atoms with Crippen molar-refractivity contribution in [3.63, 3.8) is 0 Å². The van der Waals surface area contributed by atoms with Crippen LogP contribution in [0.3, 0.4) is 0 Å². The van der Waals surface area contributed by atoms with Gasteiger partial charge in [0.05, 0.1) is 11.7 Å². The number of fused-ring (bicyclic) bond motifs is 4. The van der Waals surface area contributed by atoms with Gasteiger partial charge in [0.25, 0.3) is 0 Å². The smallest absolute Gasteiger partial charge is 0.334 e. The van der Waals surface area contributed by atoms with Crippen molar-refractivity contribution in [3.05, 3.63) is 47.6 Å². The molecule has 2 aliphatic carbocycles. The van der Waals surface area contributed by atoms with Crippen molar-refractivity contribution in [1.82, 2.24) is 0 Å². The number of hydrogen-bond donors (Lipinski definition) is 1. The van der Waals surface area contributed by atoms with Crippen molar-refractivity contribution >= 4 is 24.4 Å². The molecule has 0 aromatic heterocycles. The van der Waals surface area contributed by atoms with Crippen LogP contribution in [0.5, 0.6) is 0 Å². The van der Waals surface area contributed by atoms with E-state index >= 15 is 0 Å². The molecule has 252 valence electrons. The van der Waals surface area contributed by atoms with E-state index in [2.05, 4.69) is 32.2 Å². The van der Waals surface area contributed by atoms with Gasteiger partial charge in [0.15, 0.2) is 0 Å². The summed E-state index contributed by atoms with van der Waals surface area (Å²) in [4.78, 5) is 33.8. The second kappa shape index (κ2) is 15.8. The molecule has 5 aliphatic rings. The summed E-state index contributed by atoms with van der Waals surface area (Å²) < 4.78 is 17.2. The number of nitrogens with zero attached hydrogens (tertiary/aromatic N) is 2. The number of ether oxygens (including phenoxy) is 3. The minimum Gasteiger partial charge on any atom is -0.456 e. The van der Waals surface area contributed by atoms with Gasteiger partial charge in [-0.15, -0.1) is 0 Å². The molecule has 0 unspecified atom stereocenters. The molecule has 0 spiro atoms. The van der Waals surface area contributed by atoms with Crippen molar-refractivity contribution in [2.75, 3.05) is 13.1 Å². The molecule has 3 saturated heterocycles. The van der Waals surface area contributed by atoms with Crippen molar-refractivity contribution < 1.29 is 28.9 Å². The van der Waals surface area contributed by atoms with Crippen molar-refractivity contribution in [1.29, 1.82) is 0 Å². The van der Waals surface area contributed by atoms with Crippen LogP contribution in [0.4, 0.5) is 0 Å². The zero-order chi connectivity index (χ0) is 32.7. The SMILES string of the molecule is C=C1C(=O)O[C@@H]2[C@H](O)[C@@H](C)CC/C=C(/C=N/CCCCCCCC/N=C\C3=C\CC[C@@]4(C)O[C@H]4[C@H]4OC(=O)C(=C)[C@@H]4CC3)CC[C@@H]12. The van der Waals surface area contributed by atoms with Crippen LogP contribution in [0.1, 0.15) is 104 Å². The van der Waals surface area contributed by atoms with E-state index in [0.717, 1.165) is 77.3 Å². The molecule has 0 aromatic rings. The zero-order valence-corrected chi connectivity index (χ0v) is 28.0. The fraction of sp³-hybridized carbons (Fsp3) is 0.684. The number of esters is 2. The van der Waals surface area contributed by atoms with Crippen LogP contribution in [-0.2, 0) is 23.8 Å². The predicted molar refractivity (Wildman–Crippen MR) is 181 cm³/mol. The number of hydrogen-bond acceptors (Lipinski definition) is 8. The van der Waals surface area contributed by atoms with Gasteiger partial charge in [-0.25, -0.2) is 9.59 Å². The van der Waals surface area contributed by atoms with Gasteiger partial charge in [0.2, 0.25) is 0 Å². The first-order valence-corrected chi connectivity index (χ1v) is 17.7. The van der Waals surface area contributed by atoms with Crippen LogP contribution in [-0.4, -0.2) is 72.6 Å². The van der Waals surface area contributed by atoms with Crippen LogP contribution in [0.15, 0.2) is 57.6 Å². The van der Waals surface area contributed by atoms with Gasteiger partial charge in [-0.3, -0.25) is 9.98 Å². The Morgan fingerprint density at radius 1 is 0.826 bits per heavy atom. The van der Waals surface area contributed by atoms with Crippen LogP contribution in [0.25, 0.3) is 0 Å². The number of aliphatic hydroxyl groups excluding tert-OH is 1. The van der Waals surface area contributed by atoms with Crippen LogP contribution in [0, 0.1) is 17.8 Å². The number of rotatable bonds is 11. The Bertz CT molecular complexity index is 1270. The summed E-state index contributed by atoms with van der Waals surface area (Å²) in [6.07, 6.45) is 21.1. The first-order chi connectivity index (χ1) is 22.2. The lowest BCUT2D eigenvalue weighted by atomic mass is 9.82. The summed E-state index contributed by atoms with van der Waals surface area (Å²) in [6.45, 7) is 13.8. The maximum atomic E-state index is 12.2. The Balaban J connectivity index is 0.952. The molecule has 46 heavy (non-hydrogen) atoms. The number of unbranched alkanes of at least 4 members (excludes halogenated alkanes) is 5. The monoisotopic (exact) mass is 634 g/mol. The molecule has 0 amide bonds. The minimum absolute atomic E-state index is 0.00588. The topological polar surface area (TPSA) is 110 Å². The second-order valence-corrected chi connectivity index (χ2v) is 14.3. The minimum atomic E-state index is -0.648. The molecule has 0 aromatic carbocycles. The summed E-state index contributed by atoms with van der Waals surface area (Å²) >= 11 is 0. The lowest BCUT2D eigenvalue weighted by Gasteiger charge is -2.28. The fourth-order valence-electron chi connectivity index (χ4n) is 7.52. The van der Waals surface area contributed by atoms with E-state index in [9.17, 15) is 14.7 Å². The van der Waals surface area contributed by atoms with Crippen LogP contribution in [0.2, 0.25) is 0 Å². The molecule has 8 heteroatoms. The van der Waals surface area contributed by atoms with Gasteiger partial charge in [0.1, 0.15) is 18.3 Å². The summed E-state index contributed by atoms with van der Waals surface area (Å²) in [7, 11) is 0. The van der Waals surface area contributed by atoms with Gasteiger partial charge < -0.3 is 19.3 Å². The van der Waals surface area contributed by atoms with Gasteiger partial charge in [-0.05, 0) is 88.2 Å². The summed E-state index contributed by atoms with van der Waals surface area (Å²) in [5, 5.41) is 10.7. The van der Waals surface area contributed by atoms with Gasteiger partial charge in [-0.2, -0.15) is 0 Å². The van der Waals surface area contributed by atoms with E-state index < -0.39 is 12.2 Å². The van der Waals surface area contributed by atoms with Crippen molar-refractivity contribution in [2.45, 2.75) is 134 Å².